The van der Waals surface area contributed by atoms with Gasteiger partial charge in [0.05, 0.1) is 0 Å². The molecule has 116 valence electrons. The molecule has 20 heavy (non-hydrogen) atoms. The van der Waals surface area contributed by atoms with Gasteiger partial charge in [-0.2, -0.15) is 0 Å². The summed E-state index contributed by atoms with van der Waals surface area (Å²) in [6, 6.07) is 0. The molecule has 2 aliphatic rings. The van der Waals surface area contributed by atoms with Gasteiger partial charge in [0.1, 0.15) is 5.78 Å². The van der Waals surface area contributed by atoms with Gasteiger partial charge in [-0.25, -0.2) is 0 Å². The van der Waals surface area contributed by atoms with Crippen LogP contribution in [-0.4, -0.2) is 30.3 Å². The summed E-state index contributed by atoms with van der Waals surface area (Å²) >= 11 is 0. The number of Topliss-reactive ketones (excluding diaryl/α,β-unsaturated/α-hetero) is 1. The summed E-state index contributed by atoms with van der Waals surface area (Å²) in [6.45, 7) is 12.7. The molecule has 0 radical (unpaired) electrons. The van der Waals surface area contributed by atoms with Crippen LogP contribution >= 0.6 is 0 Å². The molecule has 0 aromatic rings. The fraction of sp³-hybridized carbons (Fsp3) is 0.944. The molecule has 0 aromatic heterocycles. The molecule has 2 saturated carbocycles. The monoisotopic (exact) mass is 279 g/mol. The number of ketones is 1. The zero-order chi connectivity index (χ0) is 14.8. The number of hydrogen-bond donors (Lipinski definition) is 0. The molecule has 2 unspecified atom stereocenters. The van der Waals surface area contributed by atoms with Gasteiger partial charge < -0.3 is 4.90 Å². The van der Waals surface area contributed by atoms with Crippen LogP contribution in [-0.2, 0) is 4.79 Å². The Kier molecular flexibility index (Phi) is 5.28. The second-order valence-electron chi connectivity index (χ2n) is 8.20. The molecule has 2 heteroatoms. The molecule has 0 saturated heterocycles. The Morgan fingerprint density at radius 1 is 1.15 bits per heavy atom. The first-order valence-corrected chi connectivity index (χ1v) is 8.65. The molecule has 0 aromatic carbocycles. The largest absolute Gasteiger partial charge is 0.302 e. The molecule has 2 aliphatic carbocycles. The molecule has 0 amide bonds. The Morgan fingerprint density at radius 2 is 1.85 bits per heavy atom. The Hall–Kier alpha value is -0.370. The predicted molar refractivity (Wildman–Crippen MR) is 84.7 cm³/mol. The minimum atomic E-state index is 0.304. The van der Waals surface area contributed by atoms with Gasteiger partial charge in [-0.1, -0.05) is 27.7 Å². The highest BCUT2D eigenvalue weighted by Gasteiger charge is 2.36. The van der Waals surface area contributed by atoms with Gasteiger partial charge in [0.2, 0.25) is 0 Å². The molecule has 0 N–H and O–H groups in total. The zero-order valence-corrected chi connectivity index (χ0v) is 14.0. The molecule has 2 nitrogen and oxygen atoms in total. The predicted octanol–water partition coefficient (Wildman–Crippen LogP) is 4.14. The van der Waals surface area contributed by atoms with E-state index in [-0.39, 0.29) is 0 Å². The lowest BCUT2D eigenvalue weighted by Gasteiger charge is -2.38. The SMILES string of the molecule is CCCN(CC1CC1)CC1CC(C(C)(C)C)CCC1=O. The summed E-state index contributed by atoms with van der Waals surface area (Å²) in [5, 5.41) is 0. The maximum absolute atomic E-state index is 12.3. The maximum atomic E-state index is 12.3. The van der Waals surface area contributed by atoms with Crippen LogP contribution in [0.3, 0.4) is 0 Å². The fourth-order valence-corrected chi connectivity index (χ4v) is 3.63. The Labute approximate surface area is 125 Å². The van der Waals surface area contributed by atoms with Crippen LogP contribution < -0.4 is 0 Å². The van der Waals surface area contributed by atoms with Crippen molar-refractivity contribution in [3.05, 3.63) is 0 Å². The first-order chi connectivity index (χ1) is 9.40. The minimum Gasteiger partial charge on any atom is -0.302 e. The van der Waals surface area contributed by atoms with E-state index in [0.717, 1.165) is 37.6 Å². The van der Waals surface area contributed by atoms with E-state index in [1.54, 1.807) is 0 Å². The topological polar surface area (TPSA) is 20.3 Å². The number of carbonyl (C=O) groups is 1. The average molecular weight is 279 g/mol. The van der Waals surface area contributed by atoms with Gasteiger partial charge in [0, 0.05) is 25.4 Å². The van der Waals surface area contributed by atoms with Gasteiger partial charge in [-0.05, 0) is 55.9 Å². The van der Waals surface area contributed by atoms with Crippen molar-refractivity contribution in [2.45, 2.75) is 66.2 Å². The lowest BCUT2D eigenvalue weighted by atomic mass is 9.68. The van der Waals surface area contributed by atoms with E-state index in [1.165, 1.54) is 32.4 Å². The van der Waals surface area contributed by atoms with Gasteiger partial charge in [0.15, 0.2) is 0 Å². The van der Waals surface area contributed by atoms with E-state index >= 15 is 0 Å². The normalized spacial score (nSPS) is 28.1. The molecular weight excluding hydrogens is 246 g/mol. The molecule has 2 rings (SSSR count). The van der Waals surface area contributed by atoms with E-state index in [4.69, 9.17) is 0 Å². The molecule has 0 bridgehead atoms. The number of hydrogen-bond acceptors (Lipinski definition) is 2. The van der Waals surface area contributed by atoms with Crippen molar-refractivity contribution in [1.82, 2.24) is 4.90 Å². The van der Waals surface area contributed by atoms with Gasteiger partial charge >= 0.3 is 0 Å². The second-order valence-corrected chi connectivity index (χ2v) is 8.20. The highest BCUT2D eigenvalue weighted by Crippen LogP contribution is 2.39. The number of carbonyl (C=O) groups excluding carboxylic acids is 1. The summed E-state index contributed by atoms with van der Waals surface area (Å²) in [6.07, 6.45) is 7.06. The Bertz CT molecular complexity index is 327. The van der Waals surface area contributed by atoms with Gasteiger partial charge in [-0.15, -0.1) is 0 Å². The average Bonchev–Trinajstić information content (AvgIpc) is 3.14. The van der Waals surface area contributed by atoms with Crippen molar-refractivity contribution < 1.29 is 4.79 Å². The van der Waals surface area contributed by atoms with E-state index < -0.39 is 0 Å². The van der Waals surface area contributed by atoms with E-state index in [1.807, 2.05) is 0 Å². The quantitative estimate of drug-likeness (QED) is 0.728. The maximum Gasteiger partial charge on any atom is 0.137 e. The smallest absolute Gasteiger partial charge is 0.137 e. The summed E-state index contributed by atoms with van der Waals surface area (Å²) in [4.78, 5) is 14.9. The van der Waals surface area contributed by atoms with E-state index in [2.05, 4.69) is 32.6 Å². The van der Waals surface area contributed by atoms with E-state index in [9.17, 15) is 4.79 Å². The fourth-order valence-electron chi connectivity index (χ4n) is 3.63. The Balaban J connectivity index is 1.91. The van der Waals surface area contributed by atoms with Crippen molar-refractivity contribution in [3.8, 4) is 0 Å². The first kappa shape index (κ1) is 16.0. The number of rotatable bonds is 6. The number of nitrogens with zero attached hydrogens (tertiary/aromatic N) is 1. The van der Waals surface area contributed by atoms with Crippen molar-refractivity contribution >= 4 is 5.78 Å². The van der Waals surface area contributed by atoms with Crippen molar-refractivity contribution in [1.29, 1.82) is 0 Å². The van der Waals surface area contributed by atoms with Crippen molar-refractivity contribution in [2.24, 2.45) is 23.2 Å². The summed E-state index contributed by atoms with van der Waals surface area (Å²) in [5.41, 5.74) is 0.352. The van der Waals surface area contributed by atoms with Crippen LogP contribution in [0, 0.1) is 23.2 Å². The van der Waals surface area contributed by atoms with Crippen LogP contribution in [0.2, 0.25) is 0 Å². The highest BCUT2D eigenvalue weighted by atomic mass is 16.1. The Morgan fingerprint density at radius 3 is 2.40 bits per heavy atom. The summed E-state index contributed by atoms with van der Waals surface area (Å²) in [7, 11) is 0. The van der Waals surface area contributed by atoms with Gasteiger partial charge in [-0.3, -0.25) is 4.79 Å². The summed E-state index contributed by atoms with van der Waals surface area (Å²) in [5.74, 6) is 2.48. The molecule has 0 aliphatic heterocycles. The van der Waals surface area contributed by atoms with Crippen molar-refractivity contribution in [3.63, 3.8) is 0 Å². The zero-order valence-electron chi connectivity index (χ0n) is 14.0. The molecule has 2 fully saturated rings. The van der Waals surface area contributed by atoms with Crippen LogP contribution in [0.5, 0.6) is 0 Å². The lowest BCUT2D eigenvalue weighted by molar-refractivity contribution is -0.127. The van der Waals surface area contributed by atoms with E-state index in [0.29, 0.717) is 17.1 Å². The molecule has 0 spiro atoms. The van der Waals surface area contributed by atoms with Crippen LogP contribution in [0.15, 0.2) is 0 Å². The second kappa shape index (κ2) is 6.60. The standard InChI is InChI=1S/C18H33NO/c1-5-10-19(12-14-6-7-14)13-15-11-16(18(2,3)4)8-9-17(15)20/h14-16H,5-13H2,1-4H3. The first-order valence-electron chi connectivity index (χ1n) is 8.65. The van der Waals surface area contributed by atoms with Crippen molar-refractivity contribution in [2.75, 3.05) is 19.6 Å². The molecule has 0 heterocycles. The summed E-state index contributed by atoms with van der Waals surface area (Å²) < 4.78 is 0. The third kappa shape index (κ3) is 4.58. The molecule has 2 atom stereocenters. The third-order valence-corrected chi connectivity index (χ3v) is 5.22. The van der Waals surface area contributed by atoms with Gasteiger partial charge in [0.25, 0.3) is 0 Å². The lowest BCUT2D eigenvalue weighted by Crippen LogP contribution is -2.40. The van der Waals surface area contributed by atoms with Crippen LogP contribution in [0.1, 0.15) is 66.2 Å². The van der Waals surface area contributed by atoms with Crippen LogP contribution in [0.4, 0.5) is 0 Å². The minimum absolute atomic E-state index is 0.304. The van der Waals surface area contributed by atoms with Crippen LogP contribution in [0.25, 0.3) is 0 Å². The molecular formula is C18H33NO. The highest BCUT2D eigenvalue weighted by molar-refractivity contribution is 5.82. The third-order valence-electron chi connectivity index (χ3n) is 5.22.